The molecule has 1 atom stereocenters. The molecule has 1 rings (SSSR count). The van der Waals surface area contributed by atoms with Crippen molar-refractivity contribution < 1.29 is 0 Å². The molecule has 0 aromatic rings. The Morgan fingerprint density at radius 1 is 1.19 bits per heavy atom. The van der Waals surface area contributed by atoms with E-state index >= 15 is 0 Å². The molecule has 0 aliphatic heterocycles. The minimum absolute atomic E-state index is 0.400. The van der Waals surface area contributed by atoms with Crippen molar-refractivity contribution in [3.05, 3.63) is 0 Å². The lowest BCUT2D eigenvalue weighted by atomic mass is 9.84. The van der Waals surface area contributed by atoms with Crippen LogP contribution in [0.3, 0.4) is 0 Å². The van der Waals surface area contributed by atoms with E-state index in [1.807, 2.05) is 0 Å². The summed E-state index contributed by atoms with van der Waals surface area (Å²) in [6.45, 7) is 6.85. The molecule has 0 aromatic carbocycles. The van der Waals surface area contributed by atoms with Gasteiger partial charge in [-0.1, -0.05) is 33.1 Å². The molecule has 0 amide bonds. The van der Waals surface area contributed by atoms with Crippen molar-refractivity contribution in [2.75, 3.05) is 20.1 Å². The van der Waals surface area contributed by atoms with E-state index in [0.717, 1.165) is 18.4 Å². The standard InChI is InChI=1S/C14H30N2/c1-12(2)9-10-16(3)11-14(15)13-7-5-4-6-8-13/h12-14H,4-11,15H2,1-3H3. The van der Waals surface area contributed by atoms with Crippen LogP contribution in [0, 0.1) is 11.8 Å². The quantitative estimate of drug-likeness (QED) is 0.754. The zero-order valence-corrected chi connectivity index (χ0v) is 11.4. The molecule has 16 heavy (non-hydrogen) atoms. The van der Waals surface area contributed by atoms with Crippen LogP contribution in [0.5, 0.6) is 0 Å². The fourth-order valence-corrected chi connectivity index (χ4v) is 2.64. The summed E-state index contributed by atoms with van der Waals surface area (Å²) in [6, 6.07) is 0.400. The normalized spacial score (nSPS) is 20.6. The first-order valence-electron chi connectivity index (χ1n) is 7.03. The van der Waals surface area contributed by atoms with Gasteiger partial charge in [-0.2, -0.15) is 0 Å². The highest BCUT2D eigenvalue weighted by Crippen LogP contribution is 2.25. The van der Waals surface area contributed by atoms with Gasteiger partial charge < -0.3 is 10.6 Å². The Kier molecular flexibility index (Phi) is 6.37. The Labute approximate surface area is 102 Å². The Bertz CT molecular complexity index is 174. The van der Waals surface area contributed by atoms with Gasteiger partial charge in [0.05, 0.1) is 0 Å². The molecule has 1 fully saturated rings. The lowest BCUT2D eigenvalue weighted by Gasteiger charge is -2.30. The van der Waals surface area contributed by atoms with E-state index in [2.05, 4.69) is 25.8 Å². The second-order valence-electron chi connectivity index (χ2n) is 6.01. The average Bonchev–Trinajstić information content (AvgIpc) is 2.27. The molecule has 1 aliphatic rings. The van der Waals surface area contributed by atoms with Crippen molar-refractivity contribution in [1.82, 2.24) is 4.90 Å². The van der Waals surface area contributed by atoms with Crippen LogP contribution in [0.1, 0.15) is 52.4 Å². The van der Waals surface area contributed by atoms with Gasteiger partial charge >= 0.3 is 0 Å². The minimum atomic E-state index is 0.400. The first-order chi connectivity index (χ1) is 7.59. The van der Waals surface area contributed by atoms with Gasteiger partial charge in [0.1, 0.15) is 0 Å². The zero-order valence-electron chi connectivity index (χ0n) is 11.4. The van der Waals surface area contributed by atoms with Crippen LogP contribution in [0.15, 0.2) is 0 Å². The van der Waals surface area contributed by atoms with Crippen molar-refractivity contribution in [3.8, 4) is 0 Å². The summed E-state index contributed by atoms with van der Waals surface area (Å²) in [5.41, 5.74) is 6.31. The number of nitrogens with zero attached hydrogens (tertiary/aromatic N) is 1. The van der Waals surface area contributed by atoms with E-state index < -0.39 is 0 Å². The van der Waals surface area contributed by atoms with Gasteiger partial charge in [0.2, 0.25) is 0 Å². The molecule has 0 bridgehead atoms. The minimum Gasteiger partial charge on any atom is -0.326 e. The molecule has 1 aliphatic carbocycles. The number of rotatable bonds is 6. The molecule has 1 saturated carbocycles. The maximum absolute atomic E-state index is 6.31. The predicted molar refractivity (Wildman–Crippen MR) is 71.5 cm³/mol. The van der Waals surface area contributed by atoms with Crippen LogP contribution in [0.4, 0.5) is 0 Å². The molecule has 1 unspecified atom stereocenters. The fourth-order valence-electron chi connectivity index (χ4n) is 2.64. The number of likely N-dealkylation sites (N-methyl/N-ethyl adjacent to an activating group) is 1. The lowest BCUT2D eigenvalue weighted by molar-refractivity contribution is 0.226. The van der Waals surface area contributed by atoms with Crippen molar-refractivity contribution in [2.45, 2.75) is 58.4 Å². The second-order valence-corrected chi connectivity index (χ2v) is 6.01. The summed E-state index contributed by atoms with van der Waals surface area (Å²) in [5.74, 6) is 1.59. The van der Waals surface area contributed by atoms with E-state index in [1.54, 1.807) is 0 Å². The summed E-state index contributed by atoms with van der Waals surface area (Å²) < 4.78 is 0. The molecule has 2 N–H and O–H groups in total. The first-order valence-corrected chi connectivity index (χ1v) is 7.03. The molecule has 0 saturated heterocycles. The third-order valence-electron chi connectivity index (χ3n) is 3.87. The van der Waals surface area contributed by atoms with Crippen molar-refractivity contribution in [2.24, 2.45) is 17.6 Å². The summed E-state index contributed by atoms with van der Waals surface area (Å²) >= 11 is 0. The monoisotopic (exact) mass is 226 g/mol. The molecular weight excluding hydrogens is 196 g/mol. The topological polar surface area (TPSA) is 29.3 Å². The van der Waals surface area contributed by atoms with Gasteiger partial charge in [0.15, 0.2) is 0 Å². The van der Waals surface area contributed by atoms with Crippen LogP contribution < -0.4 is 5.73 Å². The fraction of sp³-hybridized carbons (Fsp3) is 1.00. The third kappa shape index (κ3) is 5.31. The Balaban J connectivity index is 2.18. The molecule has 0 radical (unpaired) electrons. The Hall–Kier alpha value is -0.0800. The maximum atomic E-state index is 6.31. The molecule has 96 valence electrons. The Morgan fingerprint density at radius 3 is 2.38 bits per heavy atom. The Morgan fingerprint density at radius 2 is 1.81 bits per heavy atom. The van der Waals surface area contributed by atoms with Crippen molar-refractivity contribution >= 4 is 0 Å². The number of hydrogen-bond donors (Lipinski definition) is 1. The van der Waals surface area contributed by atoms with E-state index in [4.69, 9.17) is 5.73 Å². The summed E-state index contributed by atoms with van der Waals surface area (Å²) in [6.07, 6.45) is 8.22. The van der Waals surface area contributed by atoms with Crippen molar-refractivity contribution in [1.29, 1.82) is 0 Å². The molecular formula is C14H30N2. The SMILES string of the molecule is CC(C)CCN(C)CC(N)C1CCCCC1. The number of hydrogen-bond acceptors (Lipinski definition) is 2. The van der Waals surface area contributed by atoms with E-state index in [0.29, 0.717) is 6.04 Å². The average molecular weight is 226 g/mol. The largest absolute Gasteiger partial charge is 0.326 e. The van der Waals surface area contributed by atoms with Gasteiger partial charge in [-0.15, -0.1) is 0 Å². The van der Waals surface area contributed by atoms with Gasteiger partial charge in [-0.05, 0) is 44.7 Å². The molecule has 2 heteroatoms. The summed E-state index contributed by atoms with van der Waals surface area (Å²) in [5, 5.41) is 0. The highest BCUT2D eigenvalue weighted by molar-refractivity contribution is 4.78. The summed E-state index contributed by atoms with van der Waals surface area (Å²) in [4.78, 5) is 2.42. The van der Waals surface area contributed by atoms with Crippen LogP contribution in [0.25, 0.3) is 0 Å². The van der Waals surface area contributed by atoms with Crippen LogP contribution in [-0.2, 0) is 0 Å². The molecule has 0 heterocycles. The molecule has 0 aromatic heterocycles. The summed E-state index contributed by atoms with van der Waals surface area (Å²) in [7, 11) is 2.21. The van der Waals surface area contributed by atoms with E-state index in [9.17, 15) is 0 Å². The third-order valence-corrected chi connectivity index (χ3v) is 3.87. The second kappa shape index (κ2) is 7.29. The highest BCUT2D eigenvalue weighted by atomic mass is 15.1. The number of nitrogens with two attached hydrogens (primary N) is 1. The molecule has 0 spiro atoms. The van der Waals surface area contributed by atoms with Gasteiger partial charge in [0, 0.05) is 12.6 Å². The lowest BCUT2D eigenvalue weighted by Crippen LogP contribution is -2.42. The highest BCUT2D eigenvalue weighted by Gasteiger charge is 2.21. The van der Waals surface area contributed by atoms with Gasteiger partial charge in [-0.3, -0.25) is 0 Å². The van der Waals surface area contributed by atoms with Gasteiger partial charge in [0.25, 0.3) is 0 Å². The van der Waals surface area contributed by atoms with Crippen LogP contribution in [-0.4, -0.2) is 31.1 Å². The predicted octanol–water partition coefficient (Wildman–Crippen LogP) is 2.87. The van der Waals surface area contributed by atoms with E-state index in [1.165, 1.54) is 45.1 Å². The maximum Gasteiger partial charge on any atom is 0.0196 e. The van der Waals surface area contributed by atoms with Gasteiger partial charge in [-0.25, -0.2) is 0 Å². The van der Waals surface area contributed by atoms with Crippen LogP contribution >= 0.6 is 0 Å². The van der Waals surface area contributed by atoms with Crippen LogP contribution in [0.2, 0.25) is 0 Å². The van der Waals surface area contributed by atoms with E-state index in [-0.39, 0.29) is 0 Å². The smallest absolute Gasteiger partial charge is 0.0196 e. The zero-order chi connectivity index (χ0) is 12.0. The first kappa shape index (κ1) is 14.0. The molecule has 2 nitrogen and oxygen atoms in total. The van der Waals surface area contributed by atoms with Crippen molar-refractivity contribution in [3.63, 3.8) is 0 Å².